The molecule has 0 aliphatic carbocycles. The highest BCUT2D eigenvalue weighted by Crippen LogP contribution is 2.16. The van der Waals surface area contributed by atoms with Crippen molar-refractivity contribution in [2.24, 2.45) is 0 Å². The fraction of sp³-hybridized carbons (Fsp3) is 0.118. The zero-order valence-electron chi connectivity index (χ0n) is 11.3. The molecule has 100 valence electrons. The Morgan fingerprint density at radius 2 is 1.90 bits per heavy atom. The van der Waals surface area contributed by atoms with Crippen molar-refractivity contribution in [2.45, 2.75) is 13.0 Å². The SMILES string of the molecule is CC(NC(=O)c1ccc2cc[nH]c2c1)c1ccccc1. The van der Waals surface area contributed by atoms with Crippen LogP contribution in [0.5, 0.6) is 0 Å². The van der Waals surface area contributed by atoms with Gasteiger partial charge in [-0.25, -0.2) is 0 Å². The minimum absolute atomic E-state index is 0.0111. The normalized spacial score (nSPS) is 12.2. The van der Waals surface area contributed by atoms with Gasteiger partial charge in [0.2, 0.25) is 0 Å². The maximum Gasteiger partial charge on any atom is 0.251 e. The average molecular weight is 264 g/mol. The monoisotopic (exact) mass is 264 g/mol. The molecule has 1 heterocycles. The van der Waals surface area contributed by atoms with Crippen LogP contribution in [0.25, 0.3) is 10.9 Å². The summed E-state index contributed by atoms with van der Waals surface area (Å²) in [6, 6.07) is 17.6. The van der Waals surface area contributed by atoms with Gasteiger partial charge >= 0.3 is 0 Å². The van der Waals surface area contributed by atoms with Gasteiger partial charge in [-0.1, -0.05) is 36.4 Å². The predicted octanol–water partition coefficient (Wildman–Crippen LogP) is 3.66. The van der Waals surface area contributed by atoms with Crippen LogP contribution in [-0.2, 0) is 0 Å². The molecule has 2 N–H and O–H groups in total. The van der Waals surface area contributed by atoms with Gasteiger partial charge in [-0.3, -0.25) is 4.79 Å². The molecule has 0 saturated heterocycles. The summed E-state index contributed by atoms with van der Waals surface area (Å²) in [5.41, 5.74) is 2.74. The van der Waals surface area contributed by atoms with Crippen LogP contribution in [-0.4, -0.2) is 10.9 Å². The van der Waals surface area contributed by atoms with E-state index in [-0.39, 0.29) is 11.9 Å². The maximum absolute atomic E-state index is 12.3. The molecule has 0 aliphatic heterocycles. The maximum atomic E-state index is 12.3. The van der Waals surface area contributed by atoms with Gasteiger partial charge < -0.3 is 10.3 Å². The number of fused-ring (bicyclic) bond motifs is 1. The van der Waals surface area contributed by atoms with E-state index < -0.39 is 0 Å². The number of carbonyl (C=O) groups is 1. The predicted molar refractivity (Wildman–Crippen MR) is 80.6 cm³/mol. The lowest BCUT2D eigenvalue weighted by Crippen LogP contribution is -2.26. The fourth-order valence-corrected chi connectivity index (χ4v) is 2.29. The highest BCUT2D eigenvalue weighted by Gasteiger charge is 2.11. The van der Waals surface area contributed by atoms with Crippen molar-refractivity contribution >= 4 is 16.8 Å². The van der Waals surface area contributed by atoms with Crippen LogP contribution in [0.3, 0.4) is 0 Å². The van der Waals surface area contributed by atoms with Gasteiger partial charge in [0.05, 0.1) is 6.04 Å². The van der Waals surface area contributed by atoms with Crippen LogP contribution in [0, 0.1) is 0 Å². The van der Waals surface area contributed by atoms with Crippen LogP contribution < -0.4 is 5.32 Å². The molecule has 1 amide bonds. The molecule has 0 fully saturated rings. The molecule has 3 heteroatoms. The fourth-order valence-electron chi connectivity index (χ4n) is 2.29. The Morgan fingerprint density at radius 3 is 2.70 bits per heavy atom. The van der Waals surface area contributed by atoms with Crippen molar-refractivity contribution < 1.29 is 4.79 Å². The van der Waals surface area contributed by atoms with Gasteiger partial charge in [0.25, 0.3) is 5.91 Å². The second-order valence-corrected chi connectivity index (χ2v) is 4.89. The van der Waals surface area contributed by atoms with Gasteiger partial charge in [-0.2, -0.15) is 0 Å². The minimum atomic E-state index is -0.0575. The highest BCUT2D eigenvalue weighted by molar-refractivity contribution is 5.98. The van der Waals surface area contributed by atoms with Gasteiger partial charge in [0.15, 0.2) is 0 Å². The van der Waals surface area contributed by atoms with E-state index in [0.717, 1.165) is 16.5 Å². The zero-order chi connectivity index (χ0) is 13.9. The Morgan fingerprint density at radius 1 is 1.10 bits per heavy atom. The number of rotatable bonds is 3. The first-order chi connectivity index (χ1) is 9.74. The Balaban J connectivity index is 1.78. The molecule has 0 saturated carbocycles. The summed E-state index contributed by atoms with van der Waals surface area (Å²) < 4.78 is 0. The Kier molecular flexibility index (Phi) is 3.25. The largest absolute Gasteiger partial charge is 0.361 e. The number of benzene rings is 2. The number of H-pyrrole nitrogens is 1. The second kappa shape index (κ2) is 5.21. The standard InChI is InChI=1S/C17H16N2O/c1-12(13-5-3-2-4-6-13)19-17(20)15-8-7-14-9-10-18-16(14)11-15/h2-12,18H,1H3,(H,19,20). The molecule has 1 atom stereocenters. The summed E-state index contributed by atoms with van der Waals surface area (Å²) in [4.78, 5) is 15.4. The Hall–Kier alpha value is -2.55. The molecule has 20 heavy (non-hydrogen) atoms. The minimum Gasteiger partial charge on any atom is -0.361 e. The molecule has 3 nitrogen and oxygen atoms in total. The molecular formula is C17H16N2O. The molecule has 3 rings (SSSR count). The molecule has 0 aliphatic rings. The molecule has 3 aromatic rings. The van der Waals surface area contributed by atoms with Crippen molar-refractivity contribution in [1.29, 1.82) is 0 Å². The van der Waals surface area contributed by atoms with Gasteiger partial charge in [0.1, 0.15) is 0 Å². The van der Waals surface area contributed by atoms with Crippen molar-refractivity contribution in [3.63, 3.8) is 0 Å². The van der Waals surface area contributed by atoms with Crippen LogP contribution in [0.1, 0.15) is 28.9 Å². The summed E-state index contributed by atoms with van der Waals surface area (Å²) in [7, 11) is 0. The van der Waals surface area contributed by atoms with Gasteiger partial charge in [-0.15, -0.1) is 0 Å². The van der Waals surface area contributed by atoms with Crippen LogP contribution >= 0.6 is 0 Å². The molecule has 0 spiro atoms. The number of carbonyl (C=O) groups excluding carboxylic acids is 1. The molecule has 1 aromatic heterocycles. The lowest BCUT2D eigenvalue weighted by molar-refractivity contribution is 0.0940. The van der Waals surface area contributed by atoms with E-state index >= 15 is 0 Å². The van der Waals surface area contributed by atoms with Crippen LogP contribution in [0.4, 0.5) is 0 Å². The van der Waals surface area contributed by atoms with E-state index in [0.29, 0.717) is 5.56 Å². The van der Waals surface area contributed by atoms with E-state index in [4.69, 9.17) is 0 Å². The summed E-state index contributed by atoms with van der Waals surface area (Å²) in [5, 5.41) is 4.13. The second-order valence-electron chi connectivity index (χ2n) is 4.89. The number of aromatic nitrogens is 1. The number of hydrogen-bond acceptors (Lipinski definition) is 1. The lowest BCUT2D eigenvalue weighted by atomic mass is 10.1. The third kappa shape index (κ3) is 2.43. The highest BCUT2D eigenvalue weighted by atomic mass is 16.1. The number of nitrogens with one attached hydrogen (secondary N) is 2. The topological polar surface area (TPSA) is 44.9 Å². The van der Waals surface area contributed by atoms with E-state index in [1.807, 2.05) is 67.7 Å². The van der Waals surface area contributed by atoms with E-state index in [9.17, 15) is 4.79 Å². The van der Waals surface area contributed by atoms with Crippen molar-refractivity contribution in [1.82, 2.24) is 10.3 Å². The van der Waals surface area contributed by atoms with Crippen molar-refractivity contribution in [2.75, 3.05) is 0 Å². The van der Waals surface area contributed by atoms with E-state index in [2.05, 4.69) is 10.3 Å². The summed E-state index contributed by atoms with van der Waals surface area (Å²) in [6.45, 7) is 1.99. The zero-order valence-corrected chi connectivity index (χ0v) is 11.3. The first-order valence-corrected chi connectivity index (χ1v) is 6.67. The average Bonchev–Trinajstić information content (AvgIpc) is 2.95. The quantitative estimate of drug-likeness (QED) is 0.745. The third-order valence-corrected chi connectivity index (χ3v) is 3.46. The summed E-state index contributed by atoms with van der Waals surface area (Å²) >= 11 is 0. The smallest absolute Gasteiger partial charge is 0.251 e. The van der Waals surface area contributed by atoms with E-state index in [1.54, 1.807) is 0 Å². The Labute approximate surface area is 117 Å². The van der Waals surface area contributed by atoms with Crippen molar-refractivity contribution in [3.05, 3.63) is 71.9 Å². The Bertz CT molecular complexity index is 731. The van der Waals surface area contributed by atoms with Gasteiger partial charge in [0, 0.05) is 17.3 Å². The summed E-state index contributed by atoms with van der Waals surface area (Å²) in [5.74, 6) is -0.0575. The van der Waals surface area contributed by atoms with Gasteiger partial charge in [-0.05, 0) is 36.1 Å². The van der Waals surface area contributed by atoms with Crippen LogP contribution in [0.15, 0.2) is 60.8 Å². The van der Waals surface area contributed by atoms with E-state index in [1.165, 1.54) is 0 Å². The van der Waals surface area contributed by atoms with Crippen LogP contribution in [0.2, 0.25) is 0 Å². The van der Waals surface area contributed by atoms with Crippen molar-refractivity contribution in [3.8, 4) is 0 Å². The molecule has 1 unspecified atom stereocenters. The number of aromatic amines is 1. The number of hydrogen-bond donors (Lipinski definition) is 2. The molecule has 0 radical (unpaired) electrons. The third-order valence-electron chi connectivity index (χ3n) is 3.46. The molecule has 2 aromatic carbocycles. The lowest BCUT2D eigenvalue weighted by Gasteiger charge is -2.14. The molecule has 0 bridgehead atoms. The molecular weight excluding hydrogens is 248 g/mol. The summed E-state index contributed by atoms with van der Waals surface area (Å²) in [6.07, 6.45) is 1.87. The first-order valence-electron chi connectivity index (χ1n) is 6.67. The first kappa shape index (κ1) is 12.5. The number of amides is 1.